The van der Waals surface area contributed by atoms with Crippen LogP contribution < -0.4 is 4.90 Å². The van der Waals surface area contributed by atoms with Crippen molar-refractivity contribution in [2.75, 3.05) is 31.1 Å². The van der Waals surface area contributed by atoms with Gasteiger partial charge < -0.3 is 9.80 Å². The van der Waals surface area contributed by atoms with E-state index in [1.807, 2.05) is 6.07 Å². The molecule has 1 aliphatic rings. The molecule has 0 N–H and O–H groups in total. The number of piperazine rings is 1. The molecule has 1 aromatic carbocycles. The van der Waals surface area contributed by atoms with Crippen LogP contribution in [-0.2, 0) is 17.4 Å². The van der Waals surface area contributed by atoms with Gasteiger partial charge in [-0.05, 0) is 18.6 Å². The number of carbonyl (C=O) groups excluding carboxylic acids is 1. The third-order valence-corrected chi connectivity index (χ3v) is 4.74. The van der Waals surface area contributed by atoms with E-state index in [9.17, 15) is 18.0 Å². The Balaban J connectivity index is 1.64. The van der Waals surface area contributed by atoms with Crippen LogP contribution in [0, 0.1) is 6.92 Å². The molecule has 2 heterocycles. The number of amides is 1. The third kappa shape index (κ3) is 4.68. The quantitative estimate of drug-likeness (QED) is 0.795. The van der Waals surface area contributed by atoms with Crippen molar-refractivity contribution in [1.82, 2.24) is 14.9 Å². The minimum absolute atomic E-state index is 0.0578. The summed E-state index contributed by atoms with van der Waals surface area (Å²) < 4.78 is 38.9. The minimum atomic E-state index is -4.52. The number of hydrogen-bond donors (Lipinski definition) is 0. The van der Waals surface area contributed by atoms with E-state index in [-0.39, 0.29) is 24.0 Å². The van der Waals surface area contributed by atoms with E-state index in [0.29, 0.717) is 31.2 Å². The minimum Gasteiger partial charge on any atom is -0.353 e. The van der Waals surface area contributed by atoms with Crippen molar-refractivity contribution >= 4 is 23.3 Å². The van der Waals surface area contributed by atoms with Gasteiger partial charge in [-0.15, -0.1) is 0 Å². The van der Waals surface area contributed by atoms with Gasteiger partial charge in [0.25, 0.3) is 0 Å². The van der Waals surface area contributed by atoms with Crippen LogP contribution in [0.1, 0.15) is 17.1 Å². The smallest absolute Gasteiger partial charge is 0.353 e. The van der Waals surface area contributed by atoms with Crippen LogP contribution in [0.15, 0.2) is 30.3 Å². The van der Waals surface area contributed by atoms with Gasteiger partial charge in [-0.1, -0.05) is 29.8 Å². The zero-order chi connectivity index (χ0) is 19.6. The maximum absolute atomic E-state index is 13.0. The van der Waals surface area contributed by atoms with Gasteiger partial charge >= 0.3 is 6.18 Å². The fourth-order valence-electron chi connectivity index (χ4n) is 2.96. The molecule has 27 heavy (non-hydrogen) atoms. The van der Waals surface area contributed by atoms with E-state index in [1.165, 1.54) is 6.92 Å². The molecular formula is C18H18ClF3N4O. The maximum atomic E-state index is 13.0. The highest BCUT2D eigenvalue weighted by Crippen LogP contribution is 2.30. The normalized spacial score (nSPS) is 15.1. The van der Waals surface area contributed by atoms with Crippen LogP contribution in [0.3, 0.4) is 0 Å². The highest BCUT2D eigenvalue weighted by molar-refractivity contribution is 6.31. The van der Waals surface area contributed by atoms with Crippen molar-refractivity contribution in [3.8, 4) is 0 Å². The molecule has 0 radical (unpaired) electrons. The second-order valence-corrected chi connectivity index (χ2v) is 6.70. The molecule has 0 atom stereocenters. The van der Waals surface area contributed by atoms with Crippen LogP contribution >= 0.6 is 11.6 Å². The highest BCUT2D eigenvalue weighted by atomic mass is 35.5. The van der Waals surface area contributed by atoms with Gasteiger partial charge in [0.1, 0.15) is 17.3 Å². The molecule has 9 heteroatoms. The molecular weight excluding hydrogens is 381 g/mol. The predicted octanol–water partition coefficient (Wildman–Crippen LogP) is 3.35. The number of nitrogens with zero attached hydrogens (tertiary/aromatic N) is 4. The van der Waals surface area contributed by atoms with Crippen molar-refractivity contribution in [2.24, 2.45) is 0 Å². The van der Waals surface area contributed by atoms with E-state index in [4.69, 9.17) is 11.6 Å². The molecule has 1 fully saturated rings. The first-order valence-corrected chi connectivity index (χ1v) is 8.81. The molecule has 144 valence electrons. The second-order valence-electron chi connectivity index (χ2n) is 6.29. The molecule has 3 rings (SSSR count). The van der Waals surface area contributed by atoms with E-state index >= 15 is 0 Å². The van der Waals surface area contributed by atoms with E-state index < -0.39 is 11.9 Å². The summed E-state index contributed by atoms with van der Waals surface area (Å²) in [6, 6.07) is 8.11. The summed E-state index contributed by atoms with van der Waals surface area (Å²) in [5.74, 6) is 0.239. The summed E-state index contributed by atoms with van der Waals surface area (Å²) in [6.45, 7) is 3.06. The number of halogens is 4. The molecule has 0 spiro atoms. The van der Waals surface area contributed by atoms with E-state index in [0.717, 1.165) is 11.6 Å². The Morgan fingerprint density at radius 2 is 1.81 bits per heavy atom. The predicted molar refractivity (Wildman–Crippen MR) is 95.7 cm³/mol. The number of aromatic nitrogens is 2. The Morgan fingerprint density at radius 1 is 1.15 bits per heavy atom. The monoisotopic (exact) mass is 398 g/mol. The Bertz CT molecular complexity index is 836. The lowest BCUT2D eigenvalue weighted by Gasteiger charge is -2.35. The van der Waals surface area contributed by atoms with Gasteiger partial charge in [0, 0.05) is 37.3 Å². The largest absolute Gasteiger partial charge is 0.433 e. The van der Waals surface area contributed by atoms with Gasteiger partial charge in [-0.3, -0.25) is 4.79 Å². The van der Waals surface area contributed by atoms with Crippen LogP contribution in [0.2, 0.25) is 5.02 Å². The molecule has 0 unspecified atom stereocenters. The number of alkyl halides is 3. The Hall–Kier alpha value is -2.35. The van der Waals surface area contributed by atoms with E-state index in [2.05, 4.69) is 9.97 Å². The standard InChI is InChI=1S/C18H18ClF3N4O/c1-12-23-15(18(20,21)22)11-16(24-12)25-6-8-26(9-7-25)17(27)10-13-4-2-3-5-14(13)19/h2-5,11H,6-10H2,1H3. The Kier molecular flexibility index (Phi) is 5.55. The van der Waals surface area contributed by atoms with Crippen molar-refractivity contribution in [2.45, 2.75) is 19.5 Å². The SMILES string of the molecule is Cc1nc(N2CCN(C(=O)Cc3ccccc3Cl)CC2)cc(C(F)(F)F)n1. The summed E-state index contributed by atoms with van der Waals surface area (Å²) in [6.07, 6.45) is -4.32. The number of anilines is 1. The number of benzene rings is 1. The first-order valence-electron chi connectivity index (χ1n) is 8.43. The lowest BCUT2D eigenvalue weighted by atomic mass is 10.1. The van der Waals surface area contributed by atoms with E-state index in [1.54, 1.807) is 28.0 Å². The van der Waals surface area contributed by atoms with Gasteiger partial charge in [0.15, 0.2) is 0 Å². The lowest BCUT2D eigenvalue weighted by Crippen LogP contribution is -2.49. The van der Waals surface area contributed by atoms with Crippen molar-refractivity contribution < 1.29 is 18.0 Å². The average molecular weight is 399 g/mol. The zero-order valence-electron chi connectivity index (χ0n) is 14.6. The number of carbonyl (C=O) groups is 1. The van der Waals surface area contributed by atoms with Gasteiger partial charge in [-0.2, -0.15) is 13.2 Å². The number of hydrogen-bond acceptors (Lipinski definition) is 4. The van der Waals surface area contributed by atoms with Crippen LogP contribution in [0.5, 0.6) is 0 Å². The molecule has 1 aromatic heterocycles. The first kappa shape index (κ1) is 19.4. The highest BCUT2D eigenvalue weighted by Gasteiger charge is 2.34. The third-order valence-electron chi connectivity index (χ3n) is 4.37. The molecule has 1 saturated heterocycles. The number of rotatable bonds is 3. The first-order chi connectivity index (χ1) is 12.7. The number of aryl methyl sites for hydroxylation is 1. The topological polar surface area (TPSA) is 49.3 Å². The molecule has 2 aromatic rings. The fraction of sp³-hybridized carbons (Fsp3) is 0.389. The van der Waals surface area contributed by atoms with Gasteiger partial charge in [-0.25, -0.2) is 9.97 Å². The molecule has 1 amide bonds. The van der Waals surface area contributed by atoms with Crippen LogP contribution in [0.4, 0.5) is 19.0 Å². The second kappa shape index (κ2) is 7.72. The molecule has 0 saturated carbocycles. The van der Waals surface area contributed by atoms with Gasteiger partial charge in [0.2, 0.25) is 5.91 Å². The Labute approximate surface area is 159 Å². The van der Waals surface area contributed by atoms with Gasteiger partial charge in [0.05, 0.1) is 6.42 Å². The summed E-state index contributed by atoms with van der Waals surface area (Å²) in [7, 11) is 0. The fourth-order valence-corrected chi connectivity index (χ4v) is 3.16. The van der Waals surface area contributed by atoms with Crippen molar-refractivity contribution in [3.63, 3.8) is 0 Å². The maximum Gasteiger partial charge on any atom is 0.433 e. The summed E-state index contributed by atoms with van der Waals surface area (Å²) in [5, 5.41) is 0.542. The van der Waals surface area contributed by atoms with Crippen LogP contribution in [-0.4, -0.2) is 47.0 Å². The van der Waals surface area contributed by atoms with Crippen molar-refractivity contribution in [1.29, 1.82) is 0 Å². The summed E-state index contributed by atoms with van der Waals surface area (Å²) in [4.78, 5) is 23.5. The summed E-state index contributed by atoms with van der Waals surface area (Å²) in [5.41, 5.74) is -0.199. The summed E-state index contributed by atoms with van der Waals surface area (Å²) >= 11 is 6.09. The molecule has 1 aliphatic heterocycles. The Morgan fingerprint density at radius 3 is 2.44 bits per heavy atom. The molecule has 0 aliphatic carbocycles. The lowest BCUT2D eigenvalue weighted by molar-refractivity contribution is -0.141. The molecule has 0 bridgehead atoms. The zero-order valence-corrected chi connectivity index (χ0v) is 15.4. The van der Waals surface area contributed by atoms with Crippen LogP contribution in [0.25, 0.3) is 0 Å². The average Bonchev–Trinajstić information content (AvgIpc) is 2.62. The molecule has 5 nitrogen and oxygen atoms in total. The van der Waals surface area contributed by atoms with Crippen molar-refractivity contribution in [3.05, 3.63) is 52.4 Å².